The zero-order valence-corrected chi connectivity index (χ0v) is 30.1. The van der Waals surface area contributed by atoms with Gasteiger partial charge in [0.15, 0.2) is 0 Å². The second kappa shape index (κ2) is 12.0. The van der Waals surface area contributed by atoms with E-state index in [1.165, 1.54) is 32.3 Å². The molecule has 12 rings (SSSR count). The molecule has 0 saturated heterocycles. The van der Waals surface area contributed by atoms with Gasteiger partial charge in [-0.2, -0.15) is 0 Å². The van der Waals surface area contributed by atoms with Crippen molar-refractivity contribution >= 4 is 75.9 Å². The van der Waals surface area contributed by atoms with Gasteiger partial charge in [0, 0.05) is 45.1 Å². The highest BCUT2D eigenvalue weighted by molar-refractivity contribution is 6.25. The number of pyridine rings is 4. The summed E-state index contributed by atoms with van der Waals surface area (Å²) in [5.41, 5.74) is 12.6. The lowest BCUT2D eigenvalue weighted by Gasteiger charge is -2.14. The highest BCUT2D eigenvalue weighted by atomic mass is 14.7. The van der Waals surface area contributed by atoms with E-state index in [0.717, 1.165) is 88.4 Å². The number of benzene rings is 8. The maximum Gasteiger partial charge on any atom is 0.0970 e. The van der Waals surface area contributed by atoms with Crippen LogP contribution in [0.15, 0.2) is 182 Å². The third-order valence-corrected chi connectivity index (χ3v) is 11.5. The van der Waals surface area contributed by atoms with Crippen LogP contribution in [0, 0.1) is 0 Å². The summed E-state index contributed by atoms with van der Waals surface area (Å²) in [7, 11) is 0. The zero-order chi connectivity index (χ0) is 36.7. The molecule has 12 aromatic rings. The summed E-state index contributed by atoms with van der Waals surface area (Å²) in [6.45, 7) is 0. The van der Waals surface area contributed by atoms with Gasteiger partial charge in [-0.15, -0.1) is 0 Å². The van der Waals surface area contributed by atoms with Gasteiger partial charge in [0.2, 0.25) is 0 Å². The highest BCUT2D eigenvalue weighted by Gasteiger charge is 2.14. The van der Waals surface area contributed by atoms with E-state index >= 15 is 0 Å². The minimum atomic E-state index is 0.922. The summed E-state index contributed by atoms with van der Waals surface area (Å²) in [6, 6.07) is 60.7. The Hall–Kier alpha value is -7.56. The maximum atomic E-state index is 5.18. The van der Waals surface area contributed by atoms with Crippen LogP contribution in [0.3, 0.4) is 0 Å². The Balaban J connectivity index is 0.841. The second-order valence-electron chi connectivity index (χ2n) is 14.6. The smallest absolute Gasteiger partial charge is 0.0970 e. The summed E-state index contributed by atoms with van der Waals surface area (Å²) >= 11 is 0. The molecule has 56 heavy (non-hydrogen) atoms. The molecule has 0 N–H and O–H groups in total. The lowest BCUT2D eigenvalue weighted by Crippen LogP contribution is -1.90. The SMILES string of the molecule is c1cnc2c(c1)ccc1c(-c3ccc(-c4ccc5cc(-c6ccc7nc(-c8ccc9ccc%10cccc%11ccc8c9c%10%11)ccc7c6)ccc5n4)cc3)ccnc12. The first kappa shape index (κ1) is 30.9. The van der Waals surface area contributed by atoms with Crippen molar-refractivity contribution in [1.29, 1.82) is 0 Å². The van der Waals surface area contributed by atoms with E-state index in [2.05, 4.69) is 174 Å². The molecule has 8 aromatic carbocycles. The van der Waals surface area contributed by atoms with E-state index in [0.29, 0.717) is 0 Å². The quantitative estimate of drug-likeness (QED) is 0.171. The average molecular weight is 711 g/mol. The largest absolute Gasteiger partial charge is 0.254 e. The Morgan fingerprint density at radius 1 is 0.304 bits per heavy atom. The Labute approximate surface area is 321 Å². The molecule has 4 aromatic heterocycles. The number of hydrogen-bond acceptors (Lipinski definition) is 4. The number of rotatable bonds is 4. The topological polar surface area (TPSA) is 51.6 Å². The number of hydrogen-bond donors (Lipinski definition) is 0. The summed E-state index contributed by atoms with van der Waals surface area (Å²) in [5.74, 6) is 0. The van der Waals surface area contributed by atoms with Gasteiger partial charge in [-0.3, -0.25) is 9.97 Å². The second-order valence-corrected chi connectivity index (χ2v) is 14.6. The van der Waals surface area contributed by atoms with Gasteiger partial charge in [0.1, 0.15) is 0 Å². The molecule has 0 spiro atoms. The molecule has 0 atom stereocenters. The van der Waals surface area contributed by atoms with Gasteiger partial charge in [-0.1, -0.05) is 121 Å². The number of aromatic nitrogens is 4. The van der Waals surface area contributed by atoms with Gasteiger partial charge in [0.05, 0.1) is 33.5 Å². The molecule has 0 aliphatic carbocycles. The van der Waals surface area contributed by atoms with Crippen molar-refractivity contribution in [3.05, 3.63) is 182 Å². The number of fused-ring (bicyclic) bond motifs is 5. The van der Waals surface area contributed by atoms with Crippen LogP contribution in [0.1, 0.15) is 0 Å². The summed E-state index contributed by atoms with van der Waals surface area (Å²) in [4.78, 5) is 19.6. The van der Waals surface area contributed by atoms with E-state index in [-0.39, 0.29) is 0 Å². The third-order valence-electron chi connectivity index (χ3n) is 11.5. The van der Waals surface area contributed by atoms with Crippen molar-refractivity contribution in [2.45, 2.75) is 0 Å². The van der Waals surface area contributed by atoms with Crippen LogP contribution in [0.2, 0.25) is 0 Å². The minimum Gasteiger partial charge on any atom is -0.254 e. The zero-order valence-electron chi connectivity index (χ0n) is 30.1. The first-order valence-corrected chi connectivity index (χ1v) is 18.9. The molecule has 0 amide bonds. The van der Waals surface area contributed by atoms with Crippen LogP contribution < -0.4 is 0 Å². The van der Waals surface area contributed by atoms with E-state index in [9.17, 15) is 0 Å². The fourth-order valence-electron chi connectivity index (χ4n) is 8.71. The fraction of sp³-hybridized carbons (Fsp3) is 0. The van der Waals surface area contributed by atoms with E-state index in [1.807, 2.05) is 18.5 Å². The number of nitrogens with zero attached hydrogens (tertiary/aromatic N) is 4. The van der Waals surface area contributed by atoms with Gasteiger partial charge < -0.3 is 0 Å². The van der Waals surface area contributed by atoms with Crippen molar-refractivity contribution in [3.8, 4) is 44.8 Å². The van der Waals surface area contributed by atoms with Crippen molar-refractivity contribution in [2.24, 2.45) is 0 Å². The molecule has 4 heterocycles. The molecule has 0 fully saturated rings. The van der Waals surface area contributed by atoms with Crippen molar-refractivity contribution in [3.63, 3.8) is 0 Å². The monoisotopic (exact) mass is 710 g/mol. The van der Waals surface area contributed by atoms with Gasteiger partial charge in [-0.25, -0.2) is 9.97 Å². The lowest BCUT2D eigenvalue weighted by molar-refractivity contribution is 1.37. The predicted molar refractivity (Wildman–Crippen MR) is 233 cm³/mol. The maximum absolute atomic E-state index is 5.18. The Morgan fingerprint density at radius 3 is 1.66 bits per heavy atom. The third kappa shape index (κ3) is 4.79. The van der Waals surface area contributed by atoms with Crippen LogP contribution in [0.4, 0.5) is 0 Å². The van der Waals surface area contributed by atoms with Gasteiger partial charge in [-0.05, 0) is 103 Å². The van der Waals surface area contributed by atoms with Crippen molar-refractivity contribution < 1.29 is 0 Å². The minimum absolute atomic E-state index is 0.922. The molecule has 0 radical (unpaired) electrons. The first-order chi connectivity index (χ1) is 27.7. The summed E-state index contributed by atoms with van der Waals surface area (Å²) in [5, 5.41) is 12.1. The molecule has 4 heteroatoms. The van der Waals surface area contributed by atoms with Crippen molar-refractivity contribution in [2.75, 3.05) is 0 Å². The van der Waals surface area contributed by atoms with Crippen LogP contribution in [0.25, 0.3) is 121 Å². The van der Waals surface area contributed by atoms with Crippen LogP contribution in [0.5, 0.6) is 0 Å². The summed E-state index contributed by atoms with van der Waals surface area (Å²) < 4.78 is 0. The molecule has 258 valence electrons. The summed E-state index contributed by atoms with van der Waals surface area (Å²) in [6.07, 6.45) is 3.70. The van der Waals surface area contributed by atoms with Crippen LogP contribution in [-0.4, -0.2) is 19.9 Å². The normalized spacial score (nSPS) is 11.9. The average Bonchev–Trinajstić information content (AvgIpc) is 3.27. The standard InChI is InChI=1S/C52H30N4/c1-3-33-10-11-35-12-19-42(43-20-13-34(4-1)49(33)50(35)43)48-25-18-40-30-38(16-23-47(40)56-48)37-15-22-46-39(29-37)17-24-45(55-46)32-8-6-31(7-9-32)41-26-28-54-52-44(41)21-14-36-5-2-27-53-51(36)52/h1-30H. The Kier molecular flexibility index (Phi) is 6.60. The molecular weight excluding hydrogens is 681 g/mol. The Morgan fingerprint density at radius 2 is 0.875 bits per heavy atom. The highest BCUT2D eigenvalue weighted by Crippen LogP contribution is 2.40. The van der Waals surface area contributed by atoms with Crippen molar-refractivity contribution in [1.82, 2.24) is 19.9 Å². The lowest BCUT2D eigenvalue weighted by atomic mass is 9.91. The molecule has 0 aliphatic heterocycles. The van der Waals surface area contributed by atoms with E-state index in [4.69, 9.17) is 9.97 Å². The molecule has 0 aliphatic rings. The predicted octanol–water partition coefficient (Wildman–Crippen LogP) is 13.4. The van der Waals surface area contributed by atoms with Gasteiger partial charge in [0.25, 0.3) is 0 Å². The first-order valence-electron chi connectivity index (χ1n) is 18.9. The molecule has 0 saturated carbocycles. The van der Waals surface area contributed by atoms with E-state index < -0.39 is 0 Å². The Bertz CT molecular complexity index is 3520. The van der Waals surface area contributed by atoms with Crippen LogP contribution in [-0.2, 0) is 0 Å². The molecule has 0 bridgehead atoms. The fourth-order valence-corrected chi connectivity index (χ4v) is 8.71. The van der Waals surface area contributed by atoms with Crippen LogP contribution >= 0.6 is 0 Å². The van der Waals surface area contributed by atoms with E-state index in [1.54, 1.807) is 0 Å². The molecular formula is C52H30N4. The molecule has 4 nitrogen and oxygen atoms in total. The molecule has 0 unspecified atom stereocenters. The van der Waals surface area contributed by atoms with Gasteiger partial charge >= 0.3 is 0 Å².